The van der Waals surface area contributed by atoms with Crippen LogP contribution in [0, 0.1) is 0 Å². The van der Waals surface area contributed by atoms with Gasteiger partial charge in [-0.2, -0.15) is 4.31 Å². The van der Waals surface area contributed by atoms with Crippen molar-refractivity contribution in [2.75, 3.05) is 39.5 Å². The number of carbonyl (C=O) groups is 1. The molecule has 0 radical (unpaired) electrons. The molecule has 1 fully saturated rings. The van der Waals surface area contributed by atoms with Gasteiger partial charge in [0.2, 0.25) is 10.0 Å². The van der Waals surface area contributed by atoms with E-state index in [1.165, 1.54) is 16.4 Å². The van der Waals surface area contributed by atoms with Crippen LogP contribution >= 0.6 is 0 Å². The summed E-state index contributed by atoms with van der Waals surface area (Å²) in [5.41, 5.74) is 0. The minimum absolute atomic E-state index is 0.217. The number of nitrogens with zero attached hydrogens (tertiary/aromatic N) is 1. The molecule has 1 aliphatic rings. The third kappa shape index (κ3) is 5.85. The van der Waals surface area contributed by atoms with E-state index in [1.54, 1.807) is 19.1 Å². The lowest BCUT2D eigenvalue weighted by Crippen LogP contribution is -2.40. The number of nitrogens with one attached hydrogen (secondary N) is 1. The van der Waals surface area contributed by atoms with Crippen molar-refractivity contribution in [3.05, 3.63) is 66.7 Å². The fraction of sp³-hybridized carbons (Fsp3) is 0.320. The molecule has 1 saturated heterocycles. The van der Waals surface area contributed by atoms with Crippen molar-refractivity contribution in [2.45, 2.75) is 17.9 Å². The Morgan fingerprint density at radius 3 is 2.41 bits per heavy atom. The van der Waals surface area contributed by atoms with Crippen LogP contribution in [0.4, 0.5) is 0 Å². The summed E-state index contributed by atoms with van der Waals surface area (Å²) in [4.78, 5) is 12.6. The fourth-order valence-corrected chi connectivity index (χ4v) is 5.04. The van der Waals surface area contributed by atoms with E-state index in [-0.39, 0.29) is 24.0 Å². The molecule has 1 N–H and O–H groups in total. The lowest BCUT2D eigenvalue weighted by molar-refractivity contribution is -0.127. The monoisotopic (exact) mass is 484 g/mol. The molecular formula is C25H28N2O6S. The molecule has 0 saturated carbocycles. The first-order valence-corrected chi connectivity index (χ1v) is 12.6. The number of hydrogen-bond acceptors (Lipinski definition) is 6. The van der Waals surface area contributed by atoms with Gasteiger partial charge in [-0.25, -0.2) is 8.42 Å². The zero-order chi connectivity index (χ0) is 24.0. The van der Waals surface area contributed by atoms with Gasteiger partial charge in [-0.1, -0.05) is 30.3 Å². The van der Waals surface area contributed by atoms with Crippen LogP contribution < -0.4 is 14.8 Å². The second kappa shape index (κ2) is 10.9. The number of morpholine rings is 1. The van der Waals surface area contributed by atoms with Crippen LogP contribution in [0.5, 0.6) is 11.5 Å². The van der Waals surface area contributed by atoms with Crippen molar-refractivity contribution < 1.29 is 27.4 Å². The maximum atomic E-state index is 12.7. The van der Waals surface area contributed by atoms with Crippen LogP contribution in [-0.2, 0) is 19.6 Å². The summed E-state index contributed by atoms with van der Waals surface area (Å²) in [5.74, 6) is 0.907. The molecule has 3 aromatic rings. The standard InChI is InChI=1S/C25H28N2O6S/c1-19(33-23-7-6-20-4-2-3-5-21(20)18-23)25(28)26-12-15-32-22-8-10-24(11-9-22)34(29,30)27-13-16-31-17-14-27/h2-11,18-19H,12-17H2,1H3,(H,26,28). The molecule has 9 heteroatoms. The molecule has 1 amide bonds. The van der Waals surface area contributed by atoms with Gasteiger partial charge < -0.3 is 19.5 Å². The Bertz CT molecular complexity index is 1220. The van der Waals surface area contributed by atoms with Crippen LogP contribution in [0.2, 0.25) is 0 Å². The molecule has 1 unspecified atom stereocenters. The quantitative estimate of drug-likeness (QED) is 0.470. The highest BCUT2D eigenvalue weighted by Gasteiger charge is 2.26. The van der Waals surface area contributed by atoms with Crippen LogP contribution in [0.3, 0.4) is 0 Å². The Labute approximate surface area is 199 Å². The number of hydrogen-bond donors (Lipinski definition) is 1. The van der Waals surface area contributed by atoms with Crippen molar-refractivity contribution in [3.8, 4) is 11.5 Å². The summed E-state index contributed by atoms with van der Waals surface area (Å²) < 4.78 is 43.4. The molecular weight excluding hydrogens is 456 g/mol. The van der Waals surface area contributed by atoms with Gasteiger partial charge in [-0.05, 0) is 54.1 Å². The number of benzene rings is 3. The maximum absolute atomic E-state index is 12.7. The van der Waals surface area contributed by atoms with Crippen molar-refractivity contribution in [2.24, 2.45) is 0 Å². The third-order valence-corrected chi connectivity index (χ3v) is 7.42. The summed E-state index contributed by atoms with van der Waals surface area (Å²) in [5, 5.41) is 4.94. The smallest absolute Gasteiger partial charge is 0.260 e. The van der Waals surface area contributed by atoms with Crippen molar-refractivity contribution >= 4 is 26.7 Å². The van der Waals surface area contributed by atoms with E-state index in [0.717, 1.165) is 10.8 Å². The minimum atomic E-state index is -3.54. The summed E-state index contributed by atoms with van der Waals surface area (Å²) in [6.45, 7) is 3.73. The normalized spacial score (nSPS) is 15.6. The molecule has 0 spiro atoms. The first-order chi connectivity index (χ1) is 16.4. The lowest BCUT2D eigenvalue weighted by atomic mass is 10.1. The number of carbonyl (C=O) groups excluding carboxylic acids is 1. The number of fused-ring (bicyclic) bond motifs is 1. The van der Waals surface area contributed by atoms with Gasteiger partial charge in [0.1, 0.15) is 18.1 Å². The molecule has 1 aliphatic heterocycles. The van der Waals surface area contributed by atoms with Gasteiger partial charge in [0.05, 0.1) is 24.7 Å². The first kappa shape index (κ1) is 24.0. The van der Waals surface area contributed by atoms with E-state index in [1.807, 2.05) is 42.5 Å². The average Bonchev–Trinajstić information content (AvgIpc) is 2.87. The Morgan fingerprint density at radius 1 is 1.00 bits per heavy atom. The predicted molar refractivity (Wildman–Crippen MR) is 129 cm³/mol. The van der Waals surface area contributed by atoms with Gasteiger partial charge in [0.15, 0.2) is 6.10 Å². The molecule has 180 valence electrons. The highest BCUT2D eigenvalue weighted by atomic mass is 32.2. The summed E-state index contributed by atoms with van der Waals surface area (Å²) in [6.07, 6.45) is -0.661. The van der Waals surface area contributed by atoms with E-state index >= 15 is 0 Å². The predicted octanol–water partition coefficient (Wildman–Crippen LogP) is 2.82. The number of rotatable bonds is 9. The highest BCUT2D eigenvalue weighted by Crippen LogP contribution is 2.22. The summed E-state index contributed by atoms with van der Waals surface area (Å²) in [7, 11) is -3.54. The fourth-order valence-electron chi connectivity index (χ4n) is 3.63. The van der Waals surface area contributed by atoms with E-state index in [0.29, 0.717) is 37.8 Å². The van der Waals surface area contributed by atoms with Gasteiger partial charge in [0, 0.05) is 13.1 Å². The number of ether oxygens (including phenoxy) is 3. The topological polar surface area (TPSA) is 94.2 Å². The number of amides is 1. The zero-order valence-electron chi connectivity index (χ0n) is 19.0. The van der Waals surface area contributed by atoms with Crippen LogP contribution in [0.1, 0.15) is 6.92 Å². The number of sulfonamides is 1. The van der Waals surface area contributed by atoms with Crippen LogP contribution in [0.15, 0.2) is 71.6 Å². The largest absolute Gasteiger partial charge is 0.492 e. The molecule has 4 rings (SSSR count). The van der Waals surface area contributed by atoms with Gasteiger partial charge in [-0.3, -0.25) is 4.79 Å². The van der Waals surface area contributed by atoms with Gasteiger partial charge >= 0.3 is 0 Å². The van der Waals surface area contributed by atoms with E-state index < -0.39 is 16.1 Å². The molecule has 1 atom stereocenters. The molecule has 34 heavy (non-hydrogen) atoms. The van der Waals surface area contributed by atoms with Gasteiger partial charge in [0.25, 0.3) is 5.91 Å². The van der Waals surface area contributed by atoms with Gasteiger partial charge in [-0.15, -0.1) is 0 Å². The molecule has 1 heterocycles. The van der Waals surface area contributed by atoms with Crippen LogP contribution in [0.25, 0.3) is 10.8 Å². The van der Waals surface area contributed by atoms with E-state index in [9.17, 15) is 13.2 Å². The average molecular weight is 485 g/mol. The van der Waals surface area contributed by atoms with Crippen molar-refractivity contribution in [1.82, 2.24) is 9.62 Å². The van der Waals surface area contributed by atoms with E-state index in [4.69, 9.17) is 14.2 Å². The zero-order valence-corrected chi connectivity index (χ0v) is 19.8. The second-order valence-corrected chi connectivity index (χ2v) is 9.83. The van der Waals surface area contributed by atoms with Crippen molar-refractivity contribution in [3.63, 3.8) is 0 Å². The summed E-state index contributed by atoms with van der Waals surface area (Å²) in [6, 6.07) is 19.9. The summed E-state index contributed by atoms with van der Waals surface area (Å²) >= 11 is 0. The Hall–Kier alpha value is -3.14. The minimum Gasteiger partial charge on any atom is -0.492 e. The Morgan fingerprint density at radius 2 is 1.68 bits per heavy atom. The van der Waals surface area contributed by atoms with E-state index in [2.05, 4.69) is 5.32 Å². The molecule has 8 nitrogen and oxygen atoms in total. The first-order valence-electron chi connectivity index (χ1n) is 11.2. The second-order valence-electron chi connectivity index (χ2n) is 7.90. The molecule has 0 aliphatic carbocycles. The molecule has 0 bridgehead atoms. The lowest BCUT2D eigenvalue weighted by Gasteiger charge is -2.26. The highest BCUT2D eigenvalue weighted by molar-refractivity contribution is 7.89. The van der Waals surface area contributed by atoms with Crippen molar-refractivity contribution in [1.29, 1.82) is 0 Å². The Balaban J connectivity index is 1.22. The Kier molecular flexibility index (Phi) is 7.66. The third-order valence-electron chi connectivity index (χ3n) is 5.50. The maximum Gasteiger partial charge on any atom is 0.260 e. The molecule has 0 aromatic heterocycles. The molecule has 3 aromatic carbocycles. The SMILES string of the molecule is CC(Oc1ccc2ccccc2c1)C(=O)NCCOc1ccc(S(=O)(=O)N2CCOCC2)cc1. The van der Waals surface area contributed by atoms with Crippen LogP contribution in [-0.4, -0.2) is 64.2 Å².